The van der Waals surface area contributed by atoms with Crippen molar-refractivity contribution in [2.75, 3.05) is 33.0 Å². The number of fused-ring (bicyclic) bond motifs is 1. The number of hydrogen-bond acceptors (Lipinski definition) is 6. The Hall–Kier alpha value is -1.68. The van der Waals surface area contributed by atoms with E-state index in [9.17, 15) is 5.26 Å². The highest BCUT2D eigenvalue weighted by Crippen LogP contribution is 2.67. The van der Waals surface area contributed by atoms with Gasteiger partial charge >= 0.3 is 0 Å². The normalized spacial score (nSPS) is 34.0. The van der Waals surface area contributed by atoms with Crippen molar-refractivity contribution in [3.8, 4) is 11.9 Å². The van der Waals surface area contributed by atoms with Gasteiger partial charge in [0.15, 0.2) is 6.29 Å². The maximum Gasteiger partial charge on any atom is 0.213 e. The van der Waals surface area contributed by atoms with E-state index < -0.39 is 5.41 Å². The maximum atomic E-state index is 9.57. The molecule has 0 radical (unpaired) electrons. The van der Waals surface area contributed by atoms with Gasteiger partial charge in [0, 0.05) is 24.7 Å². The summed E-state index contributed by atoms with van der Waals surface area (Å²) in [4.78, 5) is 4.67. The van der Waals surface area contributed by atoms with Crippen molar-refractivity contribution in [3.63, 3.8) is 0 Å². The molecule has 2 aliphatic heterocycles. The standard InChI is InChI=1S/C19H24N2O4/c20-13-18-12-19(18,7-9-22-14-18)15-4-3-5-16(21-15)23-10-11-25-17-6-1-2-8-24-17/h3-5,17H,1-2,6-12,14H2. The molecule has 3 atom stereocenters. The second-order valence-corrected chi connectivity index (χ2v) is 7.13. The molecule has 1 aromatic rings. The average Bonchev–Trinajstić information content (AvgIpc) is 3.38. The first-order valence-electron chi connectivity index (χ1n) is 9.11. The lowest BCUT2D eigenvalue weighted by Gasteiger charge is -2.26. The van der Waals surface area contributed by atoms with E-state index in [-0.39, 0.29) is 11.7 Å². The summed E-state index contributed by atoms with van der Waals surface area (Å²) >= 11 is 0. The van der Waals surface area contributed by atoms with Crippen molar-refractivity contribution in [3.05, 3.63) is 23.9 Å². The van der Waals surface area contributed by atoms with Crippen LogP contribution in [-0.2, 0) is 19.6 Å². The van der Waals surface area contributed by atoms with Crippen molar-refractivity contribution in [1.29, 1.82) is 5.26 Å². The Kier molecular flexibility index (Phi) is 4.63. The summed E-state index contributed by atoms with van der Waals surface area (Å²) in [6, 6.07) is 8.27. The van der Waals surface area contributed by atoms with E-state index >= 15 is 0 Å². The molecule has 3 fully saturated rings. The Morgan fingerprint density at radius 1 is 1.28 bits per heavy atom. The maximum absolute atomic E-state index is 9.57. The van der Waals surface area contributed by atoms with Crippen LogP contribution in [0.1, 0.15) is 37.8 Å². The zero-order chi connectivity index (χ0) is 17.2. The molecule has 3 aliphatic rings. The van der Waals surface area contributed by atoms with Crippen molar-refractivity contribution in [2.45, 2.75) is 43.8 Å². The van der Waals surface area contributed by atoms with Crippen molar-refractivity contribution in [1.82, 2.24) is 4.98 Å². The van der Waals surface area contributed by atoms with E-state index in [0.29, 0.717) is 32.3 Å². The minimum atomic E-state index is -0.404. The molecule has 2 saturated heterocycles. The predicted molar refractivity (Wildman–Crippen MR) is 89.1 cm³/mol. The van der Waals surface area contributed by atoms with Gasteiger partial charge in [0.1, 0.15) is 6.61 Å². The average molecular weight is 344 g/mol. The van der Waals surface area contributed by atoms with Crippen LogP contribution in [0.15, 0.2) is 18.2 Å². The third-order valence-electron chi connectivity index (χ3n) is 5.62. The molecular formula is C19H24N2O4. The summed E-state index contributed by atoms with van der Waals surface area (Å²) in [6.07, 6.45) is 4.80. The predicted octanol–water partition coefficient (Wildman–Crippen LogP) is 2.58. The lowest BCUT2D eigenvalue weighted by atomic mass is 9.86. The Bertz CT molecular complexity index is 655. The van der Waals surface area contributed by atoms with Crippen LogP contribution in [0.5, 0.6) is 5.88 Å². The molecule has 25 heavy (non-hydrogen) atoms. The van der Waals surface area contributed by atoms with E-state index in [1.54, 1.807) is 0 Å². The quantitative estimate of drug-likeness (QED) is 0.739. The van der Waals surface area contributed by atoms with Crippen LogP contribution in [0.3, 0.4) is 0 Å². The van der Waals surface area contributed by atoms with Gasteiger partial charge in [-0.1, -0.05) is 6.07 Å². The lowest BCUT2D eigenvalue weighted by molar-refractivity contribution is -0.165. The fourth-order valence-electron chi connectivity index (χ4n) is 4.05. The van der Waals surface area contributed by atoms with Crippen LogP contribution in [0.25, 0.3) is 0 Å². The molecular weight excluding hydrogens is 320 g/mol. The summed E-state index contributed by atoms with van der Waals surface area (Å²) in [5, 5.41) is 9.57. The smallest absolute Gasteiger partial charge is 0.213 e. The highest BCUT2D eigenvalue weighted by molar-refractivity contribution is 5.41. The molecule has 4 rings (SSSR count). The fraction of sp³-hybridized carbons (Fsp3) is 0.684. The van der Waals surface area contributed by atoms with E-state index in [0.717, 1.165) is 44.4 Å². The van der Waals surface area contributed by atoms with Gasteiger partial charge in [0.05, 0.1) is 30.4 Å². The van der Waals surface area contributed by atoms with Gasteiger partial charge in [0.2, 0.25) is 5.88 Å². The van der Waals surface area contributed by atoms with Gasteiger partial charge in [0.25, 0.3) is 0 Å². The first kappa shape index (κ1) is 16.8. The second kappa shape index (κ2) is 6.91. The first-order valence-corrected chi connectivity index (χ1v) is 9.11. The number of nitriles is 1. The molecule has 0 amide bonds. The number of hydrogen-bond donors (Lipinski definition) is 0. The minimum absolute atomic E-state index is 0.0968. The number of ether oxygens (including phenoxy) is 4. The molecule has 1 saturated carbocycles. The van der Waals surface area contributed by atoms with E-state index in [1.165, 1.54) is 0 Å². The van der Waals surface area contributed by atoms with Gasteiger partial charge in [-0.3, -0.25) is 0 Å². The number of rotatable bonds is 6. The molecule has 0 bridgehead atoms. The molecule has 3 heterocycles. The zero-order valence-corrected chi connectivity index (χ0v) is 14.4. The van der Waals surface area contributed by atoms with Crippen molar-refractivity contribution in [2.24, 2.45) is 5.41 Å². The van der Waals surface area contributed by atoms with Gasteiger partial charge in [-0.15, -0.1) is 0 Å². The summed E-state index contributed by atoms with van der Waals surface area (Å²) < 4.78 is 22.5. The van der Waals surface area contributed by atoms with Crippen LogP contribution in [0.4, 0.5) is 0 Å². The van der Waals surface area contributed by atoms with Crippen LogP contribution in [0.2, 0.25) is 0 Å². The molecule has 6 heteroatoms. The Balaban J connectivity index is 1.34. The molecule has 134 valence electrons. The molecule has 0 spiro atoms. The topological polar surface area (TPSA) is 73.6 Å². The minimum Gasteiger partial charge on any atom is -0.475 e. The highest BCUT2D eigenvalue weighted by atomic mass is 16.7. The van der Waals surface area contributed by atoms with Crippen molar-refractivity contribution < 1.29 is 18.9 Å². The Morgan fingerprint density at radius 3 is 3.08 bits per heavy atom. The summed E-state index contributed by atoms with van der Waals surface area (Å²) in [5.74, 6) is 0.588. The molecule has 3 unspecified atom stereocenters. The zero-order valence-electron chi connectivity index (χ0n) is 14.4. The summed E-state index contributed by atoms with van der Waals surface area (Å²) in [5.41, 5.74) is 0.385. The van der Waals surface area contributed by atoms with E-state index in [4.69, 9.17) is 18.9 Å². The van der Waals surface area contributed by atoms with E-state index in [1.807, 2.05) is 18.2 Å². The summed E-state index contributed by atoms with van der Waals surface area (Å²) in [7, 11) is 0. The monoisotopic (exact) mass is 344 g/mol. The lowest BCUT2D eigenvalue weighted by Crippen LogP contribution is -2.30. The molecule has 0 N–H and O–H groups in total. The molecule has 1 aromatic heterocycles. The number of aromatic nitrogens is 1. The van der Waals surface area contributed by atoms with Crippen LogP contribution in [0, 0.1) is 16.7 Å². The molecule has 0 aromatic carbocycles. The van der Waals surface area contributed by atoms with Gasteiger partial charge < -0.3 is 18.9 Å². The SMILES string of the molecule is N#CC12COCCC1(c1cccc(OCCOC3CCCCO3)n1)C2. The number of pyridine rings is 1. The van der Waals surface area contributed by atoms with Crippen LogP contribution >= 0.6 is 0 Å². The molecule has 1 aliphatic carbocycles. The van der Waals surface area contributed by atoms with Gasteiger partial charge in [-0.2, -0.15) is 5.26 Å². The third-order valence-corrected chi connectivity index (χ3v) is 5.62. The largest absolute Gasteiger partial charge is 0.475 e. The van der Waals surface area contributed by atoms with Gasteiger partial charge in [-0.05, 0) is 38.2 Å². The Labute approximate surface area is 148 Å². The third kappa shape index (κ3) is 3.12. The first-order chi connectivity index (χ1) is 12.3. The van der Waals surface area contributed by atoms with Crippen molar-refractivity contribution >= 4 is 0 Å². The van der Waals surface area contributed by atoms with Gasteiger partial charge in [-0.25, -0.2) is 4.98 Å². The molecule has 6 nitrogen and oxygen atoms in total. The summed E-state index contributed by atoms with van der Waals surface area (Å²) in [6.45, 7) is 2.89. The second-order valence-electron chi connectivity index (χ2n) is 7.13. The van der Waals surface area contributed by atoms with Crippen LogP contribution in [-0.4, -0.2) is 44.3 Å². The number of nitrogens with zero attached hydrogens (tertiary/aromatic N) is 2. The van der Waals surface area contributed by atoms with E-state index in [2.05, 4.69) is 11.1 Å². The fourth-order valence-corrected chi connectivity index (χ4v) is 4.05. The highest BCUT2D eigenvalue weighted by Gasteiger charge is 2.71. The van der Waals surface area contributed by atoms with Crippen LogP contribution < -0.4 is 4.74 Å². The Morgan fingerprint density at radius 2 is 2.24 bits per heavy atom.